The fourth-order valence-electron chi connectivity index (χ4n) is 3.66. The molecule has 1 saturated heterocycles. The summed E-state index contributed by atoms with van der Waals surface area (Å²) in [5, 5.41) is 7.40. The molecular formula is C22H24Cl2FN3O. The minimum absolute atomic E-state index is 0. The number of hydrogen-bond acceptors (Lipinski definition) is 3. The zero-order chi connectivity index (χ0) is 18.8. The van der Waals surface area contributed by atoms with Gasteiger partial charge in [-0.3, -0.25) is 4.79 Å². The van der Waals surface area contributed by atoms with Crippen LogP contribution in [0.3, 0.4) is 0 Å². The van der Waals surface area contributed by atoms with Crippen molar-refractivity contribution in [1.82, 2.24) is 15.6 Å². The summed E-state index contributed by atoms with van der Waals surface area (Å²) in [4.78, 5) is 17.7. The minimum Gasteiger partial charge on any atom is -0.349 e. The highest BCUT2D eigenvalue weighted by molar-refractivity contribution is 6.07. The number of aromatic nitrogens is 1. The van der Waals surface area contributed by atoms with Crippen LogP contribution in [-0.4, -0.2) is 29.5 Å². The fourth-order valence-corrected chi connectivity index (χ4v) is 3.66. The van der Waals surface area contributed by atoms with Gasteiger partial charge in [0.1, 0.15) is 5.82 Å². The number of amides is 1. The monoisotopic (exact) mass is 435 g/mol. The Kier molecular flexibility index (Phi) is 7.96. The van der Waals surface area contributed by atoms with Crippen molar-refractivity contribution in [2.45, 2.75) is 31.8 Å². The summed E-state index contributed by atoms with van der Waals surface area (Å²) in [5.74, 6) is -0.381. The Morgan fingerprint density at radius 1 is 1.14 bits per heavy atom. The summed E-state index contributed by atoms with van der Waals surface area (Å²) < 4.78 is 13.3. The maximum absolute atomic E-state index is 13.3. The lowest BCUT2D eigenvalue weighted by atomic mass is 9.99. The van der Waals surface area contributed by atoms with Gasteiger partial charge in [-0.05, 0) is 62.7 Å². The molecule has 2 heterocycles. The highest BCUT2D eigenvalue weighted by Gasteiger charge is 2.22. The van der Waals surface area contributed by atoms with E-state index >= 15 is 0 Å². The maximum atomic E-state index is 13.3. The van der Waals surface area contributed by atoms with Gasteiger partial charge in [0, 0.05) is 23.0 Å². The van der Waals surface area contributed by atoms with Crippen molar-refractivity contribution in [1.29, 1.82) is 0 Å². The summed E-state index contributed by atoms with van der Waals surface area (Å²) >= 11 is 0. The summed E-state index contributed by atoms with van der Waals surface area (Å²) in [7, 11) is 0. The minimum atomic E-state index is -0.294. The summed E-state index contributed by atoms with van der Waals surface area (Å²) in [6, 6.07) is 16.2. The average Bonchev–Trinajstić information content (AvgIpc) is 2.67. The smallest absolute Gasteiger partial charge is 0.252 e. The molecule has 0 spiro atoms. The SMILES string of the molecule is CC1CC(NC(=O)c2cc(-c3ccc(F)cc3)nc3ccccc23)CCN1.Cl.Cl. The van der Waals surface area contributed by atoms with Gasteiger partial charge in [0.05, 0.1) is 16.8 Å². The van der Waals surface area contributed by atoms with E-state index in [1.807, 2.05) is 24.3 Å². The van der Waals surface area contributed by atoms with Crippen LogP contribution in [0.15, 0.2) is 54.6 Å². The first kappa shape index (κ1) is 23.1. The molecule has 1 amide bonds. The van der Waals surface area contributed by atoms with E-state index < -0.39 is 0 Å². The van der Waals surface area contributed by atoms with Crippen LogP contribution in [0.2, 0.25) is 0 Å². The van der Waals surface area contributed by atoms with E-state index in [1.165, 1.54) is 12.1 Å². The van der Waals surface area contributed by atoms with Crippen molar-refractivity contribution >= 4 is 41.6 Å². The second kappa shape index (κ2) is 10.0. The van der Waals surface area contributed by atoms with Crippen molar-refractivity contribution in [3.05, 3.63) is 66.0 Å². The van der Waals surface area contributed by atoms with Gasteiger partial charge >= 0.3 is 0 Å². The van der Waals surface area contributed by atoms with Crippen LogP contribution in [-0.2, 0) is 0 Å². The second-order valence-corrected chi connectivity index (χ2v) is 7.13. The molecule has 1 aliphatic heterocycles. The number of para-hydroxylation sites is 1. The highest BCUT2D eigenvalue weighted by Crippen LogP contribution is 2.25. The number of carbonyl (C=O) groups is 1. The normalized spacial score (nSPS) is 18.4. The van der Waals surface area contributed by atoms with Crippen molar-refractivity contribution in [2.75, 3.05) is 6.54 Å². The van der Waals surface area contributed by atoms with Crippen LogP contribution in [0.25, 0.3) is 22.2 Å². The van der Waals surface area contributed by atoms with Gasteiger partial charge in [-0.15, -0.1) is 24.8 Å². The molecule has 0 aliphatic carbocycles. The standard InChI is InChI=1S/C22H22FN3O.2ClH/c1-14-12-17(10-11-24-14)25-22(27)19-13-21(15-6-8-16(23)9-7-15)26-20-5-3-2-4-18(19)20;;/h2-9,13-14,17,24H,10-12H2,1H3,(H,25,27);2*1H. The van der Waals surface area contributed by atoms with E-state index in [4.69, 9.17) is 0 Å². The van der Waals surface area contributed by atoms with Crippen molar-refractivity contribution in [2.24, 2.45) is 0 Å². The number of nitrogens with one attached hydrogen (secondary N) is 2. The number of pyridine rings is 1. The van der Waals surface area contributed by atoms with E-state index in [-0.39, 0.29) is 42.6 Å². The van der Waals surface area contributed by atoms with Gasteiger partial charge < -0.3 is 10.6 Å². The molecule has 2 unspecified atom stereocenters. The lowest BCUT2D eigenvalue weighted by Gasteiger charge is -2.28. The number of halogens is 3. The zero-order valence-corrected chi connectivity index (χ0v) is 17.7. The molecular weight excluding hydrogens is 412 g/mol. The van der Waals surface area contributed by atoms with E-state index in [1.54, 1.807) is 18.2 Å². The molecule has 2 atom stereocenters. The van der Waals surface area contributed by atoms with Crippen LogP contribution in [0.5, 0.6) is 0 Å². The molecule has 0 bridgehead atoms. The van der Waals surface area contributed by atoms with Crippen molar-refractivity contribution in [3.63, 3.8) is 0 Å². The van der Waals surface area contributed by atoms with Crippen LogP contribution in [0.4, 0.5) is 4.39 Å². The van der Waals surface area contributed by atoms with E-state index in [0.717, 1.165) is 35.9 Å². The number of hydrogen-bond donors (Lipinski definition) is 2. The first-order valence-corrected chi connectivity index (χ1v) is 9.30. The Bertz CT molecular complexity index is 981. The lowest BCUT2D eigenvalue weighted by Crippen LogP contribution is -2.46. The van der Waals surface area contributed by atoms with Crippen LogP contribution >= 0.6 is 24.8 Å². The van der Waals surface area contributed by atoms with Gasteiger partial charge in [0.15, 0.2) is 0 Å². The molecule has 1 fully saturated rings. The second-order valence-electron chi connectivity index (χ2n) is 7.13. The Morgan fingerprint density at radius 2 is 1.86 bits per heavy atom. The Hall–Kier alpha value is -2.21. The van der Waals surface area contributed by atoms with Crippen molar-refractivity contribution in [3.8, 4) is 11.3 Å². The predicted octanol–water partition coefficient (Wildman–Crippen LogP) is 4.75. The Balaban J connectivity index is 0.00000150. The van der Waals surface area contributed by atoms with Gasteiger partial charge in [-0.1, -0.05) is 18.2 Å². The summed E-state index contributed by atoms with van der Waals surface area (Å²) in [5.41, 5.74) is 2.80. The first-order valence-electron chi connectivity index (χ1n) is 9.30. The van der Waals surface area contributed by atoms with E-state index in [0.29, 0.717) is 17.3 Å². The third-order valence-corrected chi connectivity index (χ3v) is 5.06. The fraction of sp³-hybridized carbons (Fsp3) is 0.273. The number of nitrogens with zero attached hydrogens (tertiary/aromatic N) is 1. The topological polar surface area (TPSA) is 54.0 Å². The molecule has 2 N–H and O–H groups in total. The number of rotatable bonds is 3. The molecule has 1 aliphatic rings. The number of benzene rings is 2. The predicted molar refractivity (Wildman–Crippen MR) is 120 cm³/mol. The molecule has 4 nitrogen and oxygen atoms in total. The van der Waals surface area contributed by atoms with E-state index in [2.05, 4.69) is 22.5 Å². The van der Waals surface area contributed by atoms with Gasteiger partial charge in [-0.25, -0.2) is 9.37 Å². The number of fused-ring (bicyclic) bond motifs is 1. The summed E-state index contributed by atoms with van der Waals surface area (Å²) in [6.07, 6.45) is 1.84. The maximum Gasteiger partial charge on any atom is 0.252 e. The highest BCUT2D eigenvalue weighted by atomic mass is 35.5. The number of piperidine rings is 1. The molecule has 29 heavy (non-hydrogen) atoms. The van der Waals surface area contributed by atoms with Crippen molar-refractivity contribution < 1.29 is 9.18 Å². The van der Waals surface area contributed by atoms with Gasteiger partial charge in [-0.2, -0.15) is 0 Å². The molecule has 3 aromatic rings. The van der Waals surface area contributed by atoms with E-state index in [9.17, 15) is 9.18 Å². The Labute approximate surface area is 182 Å². The Morgan fingerprint density at radius 3 is 2.59 bits per heavy atom. The molecule has 7 heteroatoms. The molecule has 4 rings (SSSR count). The number of carbonyl (C=O) groups excluding carboxylic acids is 1. The van der Waals surface area contributed by atoms with Crippen LogP contribution in [0.1, 0.15) is 30.1 Å². The quantitative estimate of drug-likeness (QED) is 0.623. The van der Waals surface area contributed by atoms with Gasteiger partial charge in [0.25, 0.3) is 5.91 Å². The average molecular weight is 436 g/mol. The molecule has 0 radical (unpaired) electrons. The third-order valence-electron chi connectivity index (χ3n) is 5.06. The third kappa shape index (κ3) is 5.24. The van der Waals surface area contributed by atoms with Gasteiger partial charge in [0.2, 0.25) is 0 Å². The van der Waals surface area contributed by atoms with Crippen LogP contribution < -0.4 is 10.6 Å². The molecule has 0 saturated carbocycles. The first-order chi connectivity index (χ1) is 13.1. The largest absolute Gasteiger partial charge is 0.349 e. The summed E-state index contributed by atoms with van der Waals surface area (Å²) in [6.45, 7) is 3.04. The lowest BCUT2D eigenvalue weighted by molar-refractivity contribution is 0.0927. The van der Waals surface area contributed by atoms with Crippen LogP contribution in [0, 0.1) is 5.82 Å². The zero-order valence-electron chi connectivity index (χ0n) is 16.0. The molecule has 154 valence electrons. The molecule has 1 aromatic heterocycles. The molecule has 2 aromatic carbocycles.